The first-order chi connectivity index (χ1) is 15.7. The number of ether oxygens (including phenoxy) is 2. The lowest BCUT2D eigenvalue weighted by molar-refractivity contribution is -0.117. The highest BCUT2D eigenvalue weighted by molar-refractivity contribution is 6.01. The molecule has 0 saturated heterocycles. The van der Waals surface area contributed by atoms with Gasteiger partial charge in [-0.2, -0.15) is 5.26 Å². The summed E-state index contributed by atoms with van der Waals surface area (Å²) in [6.45, 7) is 3.24. The lowest BCUT2D eigenvalue weighted by Crippen LogP contribution is -2.26. The Morgan fingerprint density at radius 1 is 0.938 bits per heavy atom. The normalized spacial score (nSPS) is 10.8. The van der Waals surface area contributed by atoms with Crippen LogP contribution in [-0.4, -0.2) is 19.1 Å². The molecule has 0 atom stereocenters. The van der Waals surface area contributed by atoms with Crippen molar-refractivity contribution in [3.63, 3.8) is 0 Å². The van der Waals surface area contributed by atoms with Crippen LogP contribution < -0.4 is 14.8 Å². The maximum Gasteiger partial charge on any atom is 0.261 e. The molecule has 3 aromatic carbocycles. The molecule has 3 aromatic rings. The van der Waals surface area contributed by atoms with Crippen LogP contribution >= 0.6 is 0 Å². The van der Waals surface area contributed by atoms with Crippen LogP contribution in [0.2, 0.25) is 0 Å². The van der Waals surface area contributed by atoms with Gasteiger partial charge in [0, 0.05) is 6.54 Å². The minimum Gasteiger partial charge on any atom is -0.490 e. The first-order valence-electron chi connectivity index (χ1n) is 10.6. The molecular weight excluding hydrogens is 400 g/mol. The fraction of sp³-hybridized carbons (Fsp3) is 0.185. The van der Waals surface area contributed by atoms with Gasteiger partial charge in [0.1, 0.15) is 18.2 Å². The summed E-state index contributed by atoms with van der Waals surface area (Å²) >= 11 is 0. The van der Waals surface area contributed by atoms with Crippen LogP contribution in [-0.2, 0) is 17.8 Å². The molecule has 0 aromatic heterocycles. The Morgan fingerprint density at radius 2 is 1.62 bits per heavy atom. The van der Waals surface area contributed by atoms with E-state index < -0.39 is 5.91 Å². The molecule has 0 radical (unpaired) electrons. The van der Waals surface area contributed by atoms with Gasteiger partial charge in [-0.25, -0.2) is 0 Å². The molecule has 32 heavy (non-hydrogen) atoms. The molecule has 0 aliphatic rings. The molecule has 0 spiro atoms. The maximum absolute atomic E-state index is 12.4. The van der Waals surface area contributed by atoms with Gasteiger partial charge in [0.15, 0.2) is 11.5 Å². The second kappa shape index (κ2) is 12.0. The van der Waals surface area contributed by atoms with Crippen LogP contribution in [0.25, 0.3) is 6.08 Å². The molecule has 1 amide bonds. The van der Waals surface area contributed by atoms with Crippen molar-refractivity contribution in [2.75, 3.05) is 13.2 Å². The summed E-state index contributed by atoms with van der Waals surface area (Å²) in [5.74, 6) is 0.781. The first-order valence-corrected chi connectivity index (χ1v) is 10.6. The van der Waals surface area contributed by atoms with Crippen LogP contribution in [0.15, 0.2) is 84.4 Å². The predicted octanol–water partition coefficient (Wildman–Crippen LogP) is 4.93. The van der Waals surface area contributed by atoms with Crippen molar-refractivity contribution in [1.29, 1.82) is 5.26 Å². The van der Waals surface area contributed by atoms with E-state index in [0.717, 1.165) is 11.1 Å². The molecule has 0 fully saturated rings. The second-order valence-corrected chi connectivity index (χ2v) is 7.07. The number of carbonyl (C=O) groups is 1. The second-order valence-electron chi connectivity index (χ2n) is 7.07. The lowest BCUT2D eigenvalue weighted by atomic mass is 10.1. The smallest absolute Gasteiger partial charge is 0.261 e. The van der Waals surface area contributed by atoms with E-state index in [9.17, 15) is 10.1 Å². The third-order valence-electron chi connectivity index (χ3n) is 4.72. The van der Waals surface area contributed by atoms with E-state index in [1.54, 1.807) is 24.3 Å². The van der Waals surface area contributed by atoms with E-state index in [1.165, 1.54) is 0 Å². The maximum atomic E-state index is 12.4. The number of nitriles is 1. The highest BCUT2D eigenvalue weighted by Gasteiger charge is 2.11. The number of nitrogens with zero attached hydrogens (tertiary/aromatic N) is 1. The molecule has 0 bridgehead atoms. The van der Waals surface area contributed by atoms with Gasteiger partial charge in [-0.05, 0) is 48.2 Å². The van der Waals surface area contributed by atoms with Crippen molar-refractivity contribution in [3.05, 3.63) is 101 Å². The first kappa shape index (κ1) is 22.6. The molecule has 0 saturated carbocycles. The quantitative estimate of drug-likeness (QED) is 0.369. The molecule has 0 heterocycles. The number of hydrogen-bond donors (Lipinski definition) is 1. The zero-order chi connectivity index (χ0) is 22.6. The van der Waals surface area contributed by atoms with Crippen LogP contribution in [0.4, 0.5) is 0 Å². The third kappa shape index (κ3) is 6.75. The Kier molecular flexibility index (Phi) is 8.47. The van der Waals surface area contributed by atoms with Crippen LogP contribution in [0, 0.1) is 11.3 Å². The van der Waals surface area contributed by atoms with Gasteiger partial charge in [-0.15, -0.1) is 0 Å². The number of hydrogen-bond acceptors (Lipinski definition) is 4. The molecule has 162 valence electrons. The monoisotopic (exact) mass is 426 g/mol. The van der Waals surface area contributed by atoms with Crippen molar-refractivity contribution in [2.24, 2.45) is 0 Å². The average molecular weight is 427 g/mol. The molecule has 3 rings (SSSR count). The Labute approximate surface area is 188 Å². The number of amides is 1. The molecule has 0 aliphatic heterocycles. The zero-order valence-corrected chi connectivity index (χ0v) is 18.1. The van der Waals surface area contributed by atoms with Gasteiger partial charge in [0.25, 0.3) is 5.91 Å². The summed E-state index contributed by atoms with van der Waals surface area (Å²) < 4.78 is 11.6. The Morgan fingerprint density at radius 3 is 2.28 bits per heavy atom. The van der Waals surface area contributed by atoms with Gasteiger partial charge in [0.2, 0.25) is 0 Å². The predicted molar refractivity (Wildman–Crippen MR) is 125 cm³/mol. The summed E-state index contributed by atoms with van der Waals surface area (Å²) in [5.41, 5.74) is 2.91. The van der Waals surface area contributed by atoms with Gasteiger partial charge in [-0.1, -0.05) is 66.7 Å². The SMILES string of the molecule is CCOc1cc(/C=C(\C#N)C(=O)NCCc2ccccc2)ccc1OCc1ccccc1. The van der Waals surface area contributed by atoms with Crippen molar-refractivity contribution in [3.8, 4) is 17.6 Å². The summed E-state index contributed by atoms with van der Waals surface area (Å²) in [4.78, 5) is 12.4. The topological polar surface area (TPSA) is 71.3 Å². The highest BCUT2D eigenvalue weighted by atomic mass is 16.5. The summed E-state index contributed by atoms with van der Waals surface area (Å²) in [6.07, 6.45) is 2.26. The average Bonchev–Trinajstić information content (AvgIpc) is 2.83. The largest absolute Gasteiger partial charge is 0.490 e. The minimum atomic E-state index is -0.397. The molecule has 1 N–H and O–H groups in total. The summed E-state index contributed by atoms with van der Waals surface area (Å²) in [7, 11) is 0. The number of benzene rings is 3. The van der Waals surface area contributed by atoms with E-state index in [-0.39, 0.29) is 5.57 Å². The lowest BCUT2D eigenvalue weighted by Gasteiger charge is -2.13. The van der Waals surface area contributed by atoms with Gasteiger partial charge >= 0.3 is 0 Å². The summed E-state index contributed by atoms with van der Waals surface area (Å²) in [5, 5.41) is 12.3. The van der Waals surface area contributed by atoms with Crippen LogP contribution in [0.3, 0.4) is 0 Å². The highest BCUT2D eigenvalue weighted by Crippen LogP contribution is 2.30. The standard InChI is InChI=1S/C27H26N2O3/c1-2-31-26-18-23(13-14-25(26)32-20-22-11-7-4-8-12-22)17-24(19-28)27(30)29-16-15-21-9-5-3-6-10-21/h3-14,17-18H,2,15-16,20H2,1H3,(H,29,30)/b24-17+. The van der Waals surface area contributed by atoms with Gasteiger partial charge in [0.05, 0.1) is 6.61 Å². The molecule has 0 unspecified atom stereocenters. The zero-order valence-electron chi connectivity index (χ0n) is 18.1. The summed E-state index contributed by atoms with van der Waals surface area (Å²) in [6, 6.07) is 27.1. The molecule has 5 heteroatoms. The van der Waals surface area contributed by atoms with E-state index in [1.807, 2.05) is 73.7 Å². The Balaban J connectivity index is 1.67. The molecular formula is C27H26N2O3. The number of rotatable bonds is 10. The van der Waals surface area contributed by atoms with Crippen molar-refractivity contribution in [2.45, 2.75) is 20.0 Å². The fourth-order valence-electron chi connectivity index (χ4n) is 3.11. The minimum absolute atomic E-state index is 0.0402. The number of carbonyl (C=O) groups excluding carboxylic acids is 1. The van der Waals surface area contributed by atoms with E-state index >= 15 is 0 Å². The third-order valence-corrected chi connectivity index (χ3v) is 4.72. The Hall–Kier alpha value is -4.04. The number of nitrogens with one attached hydrogen (secondary N) is 1. The van der Waals surface area contributed by atoms with Crippen molar-refractivity contribution >= 4 is 12.0 Å². The van der Waals surface area contributed by atoms with Crippen LogP contribution in [0.5, 0.6) is 11.5 Å². The Bertz CT molecular complexity index is 1090. The van der Waals surface area contributed by atoms with Crippen LogP contribution in [0.1, 0.15) is 23.6 Å². The van der Waals surface area contributed by atoms with Crippen molar-refractivity contribution < 1.29 is 14.3 Å². The molecule has 0 aliphatic carbocycles. The fourth-order valence-corrected chi connectivity index (χ4v) is 3.11. The van der Waals surface area contributed by atoms with E-state index in [2.05, 4.69) is 5.32 Å². The molecule has 5 nitrogen and oxygen atoms in total. The van der Waals surface area contributed by atoms with Gasteiger partial charge < -0.3 is 14.8 Å². The van der Waals surface area contributed by atoms with E-state index in [4.69, 9.17) is 9.47 Å². The van der Waals surface area contributed by atoms with Crippen molar-refractivity contribution in [1.82, 2.24) is 5.32 Å². The van der Waals surface area contributed by atoms with E-state index in [0.29, 0.717) is 43.2 Å². The van der Waals surface area contributed by atoms with Gasteiger partial charge in [-0.3, -0.25) is 4.79 Å².